The first-order chi connectivity index (χ1) is 15.3. The summed E-state index contributed by atoms with van der Waals surface area (Å²) in [6, 6.07) is 12.3. The van der Waals surface area contributed by atoms with E-state index in [1.165, 1.54) is 12.1 Å². The minimum absolute atomic E-state index is 0.0550. The number of aromatic nitrogens is 1. The highest BCUT2D eigenvalue weighted by Gasteiger charge is 2.27. The van der Waals surface area contributed by atoms with Gasteiger partial charge in [0.1, 0.15) is 5.82 Å². The normalized spacial score (nSPS) is 14.5. The summed E-state index contributed by atoms with van der Waals surface area (Å²) in [5.41, 5.74) is 5.02. The maximum Gasteiger partial charge on any atom is 0.257 e. The molecule has 0 aliphatic carbocycles. The van der Waals surface area contributed by atoms with E-state index >= 15 is 0 Å². The number of carbonyl (C=O) groups is 1. The quantitative estimate of drug-likeness (QED) is 0.426. The van der Waals surface area contributed by atoms with E-state index in [2.05, 4.69) is 22.9 Å². The van der Waals surface area contributed by atoms with E-state index in [9.17, 15) is 9.18 Å². The van der Waals surface area contributed by atoms with E-state index in [0.29, 0.717) is 40.3 Å². The van der Waals surface area contributed by atoms with Crippen molar-refractivity contribution >= 4 is 41.5 Å². The van der Waals surface area contributed by atoms with E-state index < -0.39 is 0 Å². The fourth-order valence-corrected chi connectivity index (χ4v) is 4.54. The van der Waals surface area contributed by atoms with Crippen LogP contribution in [0.25, 0.3) is 0 Å². The molecule has 1 saturated heterocycles. The van der Waals surface area contributed by atoms with Crippen molar-refractivity contribution in [2.75, 3.05) is 18.4 Å². The number of aryl methyl sites for hydroxylation is 1. The highest BCUT2D eigenvalue weighted by atomic mass is 35.5. The van der Waals surface area contributed by atoms with Gasteiger partial charge in [-0.1, -0.05) is 23.7 Å². The van der Waals surface area contributed by atoms with Crippen molar-refractivity contribution < 1.29 is 9.18 Å². The number of piperidine rings is 1. The predicted octanol–water partition coefficient (Wildman–Crippen LogP) is 6.54. The zero-order valence-electron chi connectivity index (χ0n) is 18.0. The monoisotopic (exact) mass is 469 g/mol. The molecule has 0 spiro atoms. The highest BCUT2D eigenvalue weighted by Crippen LogP contribution is 2.33. The van der Waals surface area contributed by atoms with Gasteiger partial charge in [-0.25, -0.2) is 9.37 Å². The molecule has 0 radical (unpaired) electrons. The number of nitrogens with one attached hydrogen (secondary N) is 1. The van der Waals surface area contributed by atoms with Crippen LogP contribution in [0.1, 0.15) is 45.8 Å². The SMILES string of the molecule is Cc1cc(Cl)ccc1Nc1c(C(=O)N2CCC(c3ccc(F)cc3)CC2)cnc(S)c1C. The molecule has 1 aliphatic rings. The Balaban J connectivity index is 1.55. The number of anilines is 2. The summed E-state index contributed by atoms with van der Waals surface area (Å²) in [5.74, 6) is 0.0436. The highest BCUT2D eigenvalue weighted by molar-refractivity contribution is 7.80. The van der Waals surface area contributed by atoms with E-state index in [-0.39, 0.29) is 11.7 Å². The third-order valence-corrected chi connectivity index (χ3v) is 6.78. The topological polar surface area (TPSA) is 45.2 Å². The molecule has 4 rings (SSSR count). The molecule has 1 N–H and O–H groups in total. The van der Waals surface area contributed by atoms with Crippen LogP contribution in [0.2, 0.25) is 5.02 Å². The summed E-state index contributed by atoms with van der Waals surface area (Å²) < 4.78 is 13.2. The first kappa shape index (κ1) is 22.6. The second-order valence-electron chi connectivity index (χ2n) is 8.20. The van der Waals surface area contributed by atoms with Gasteiger partial charge >= 0.3 is 0 Å². The largest absolute Gasteiger partial charge is 0.354 e. The van der Waals surface area contributed by atoms with Gasteiger partial charge in [0.05, 0.1) is 16.3 Å². The molecule has 1 fully saturated rings. The minimum Gasteiger partial charge on any atom is -0.354 e. The summed E-state index contributed by atoms with van der Waals surface area (Å²) in [6.45, 7) is 5.15. The van der Waals surface area contributed by atoms with Gasteiger partial charge in [0, 0.05) is 35.6 Å². The van der Waals surface area contributed by atoms with Crippen LogP contribution in [0.5, 0.6) is 0 Å². The first-order valence-corrected chi connectivity index (χ1v) is 11.4. The third-order valence-electron chi connectivity index (χ3n) is 6.10. The van der Waals surface area contributed by atoms with Crippen LogP contribution in [0.4, 0.5) is 15.8 Å². The summed E-state index contributed by atoms with van der Waals surface area (Å²) in [6.07, 6.45) is 3.28. The number of amides is 1. The van der Waals surface area contributed by atoms with Crippen LogP contribution in [0, 0.1) is 19.7 Å². The van der Waals surface area contributed by atoms with Crippen LogP contribution in [0.3, 0.4) is 0 Å². The molecule has 0 bridgehead atoms. The molecule has 3 aromatic rings. The summed E-state index contributed by atoms with van der Waals surface area (Å²) in [7, 11) is 0. The van der Waals surface area contributed by atoms with Gasteiger partial charge in [0.2, 0.25) is 0 Å². The number of pyridine rings is 1. The summed E-state index contributed by atoms with van der Waals surface area (Å²) in [4.78, 5) is 19.6. The molecule has 166 valence electrons. The van der Waals surface area contributed by atoms with Crippen LogP contribution in [-0.4, -0.2) is 28.9 Å². The molecule has 2 aromatic carbocycles. The van der Waals surface area contributed by atoms with Crippen LogP contribution >= 0.6 is 24.2 Å². The van der Waals surface area contributed by atoms with Crippen molar-refractivity contribution in [3.8, 4) is 0 Å². The number of hydrogen-bond donors (Lipinski definition) is 2. The smallest absolute Gasteiger partial charge is 0.257 e. The van der Waals surface area contributed by atoms with Crippen molar-refractivity contribution in [2.45, 2.75) is 37.6 Å². The van der Waals surface area contributed by atoms with Gasteiger partial charge in [-0.2, -0.15) is 0 Å². The van der Waals surface area contributed by atoms with Crippen molar-refractivity contribution in [3.05, 3.63) is 81.8 Å². The number of halogens is 2. The maximum absolute atomic E-state index is 13.5. The number of hydrogen-bond acceptors (Lipinski definition) is 4. The molecule has 1 aliphatic heterocycles. The zero-order valence-corrected chi connectivity index (χ0v) is 19.7. The third kappa shape index (κ3) is 4.76. The van der Waals surface area contributed by atoms with E-state index in [1.807, 2.05) is 49.1 Å². The Morgan fingerprint density at radius 2 is 1.84 bits per heavy atom. The second kappa shape index (κ2) is 9.51. The van der Waals surface area contributed by atoms with Gasteiger partial charge < -0.3 is 10.2 Å². The fourth-order valence-electron chi connectivity index (χ4n) is 4.15. The molecule has 0 unspecified atom stereocenters. The number of nitrogens with zero attached hydrogens (tertiary/aromatic N) is 2. The van der Waals surface area contributed by atoms with Gasteiger partial charge in [-0.15, -0.1) is 12.6 Å². The summed E-state index contributed by atoms with van der Waals surface area (Å²) in [5, 5.41) is 4.64. The van der Waals surface area contributed by atoms with Crippen molar-refractivity contribution in [3.63, 3.8) is 0 Å². The number of likely N-dealkylation sites (tertiary alicyclic amines) is 1. The Labute approximate surface area is 198 Å². The lowest BCUT2D eigenvalue weighted by Crippen LogP contribution is -2.38. The Bertz CT molecular complexity index is 1140. The Morgan fingerprint density at radius 1 is 1.16 bits per heavy atom. The molecule has 1 amide bonds. The average molecular weight is 470 g/mol. The van der Waals surface area contributed by atoms with Crippen molar-refractivity contribution in [2.24, 2.45) is 0 Å². The standard InChI is InChI=1S/C25H25ClFN3OS/c1-15-13-19(26)5-8-22(15)29-23-16(2)24(32)28-14-21(23)25(31)30-11-9-18(10-12-30)17-3-6-20(27)7-4-17/h3-8,13-14,18H,9-12H2,1-2H3,(H2,28,29,32). The number of rotatable bonds is 4. The lowest BCUT2D eigenvalue weighted by molar-refractivity contribution is 0.0713. The van der Waals surface area contributed by atoms with Crippen molar-refractivity contribution in [1.29, 1.82) is 0 Å². The molecule has 7 heteroatoms. The zero-order chi connectivity index (χ0) is 22.8. The minimum atomic E-state index is -0.229. The lowest BCUT2D eigenvalue weighted by Gasteiger charge is -2.33. The molecular weight excluding hydrogens is 445 g/mol. The molecule has 32 heavy (non-hydrogen) atoms. The van der Waals surface area contributed by atoms with Crippen LogP contribution < -0.4 is 5.32 Å². The number of thiol groups is 1. The van der Waals surface area contributed by atoms with Gasteiger partial charge in [-0.05, 0) is 74.1 Å². The Hall–Kier alpha value is -2.57. The maximum atomic E-state index is 13.5. The predicted molar refractivity (Wildman–Crippen MR) is 130 cm³/mol. The Kier molecular flexibility index (Phi) is 6.72. The van der Waals surface area contributed by atoms with Crippen LogP contribution in [-0.2, 0) is 0 Å². The molecule has 0 saturated carbocycles. The van der Waals surface area contributed by atoms with Crippen LogP contribution in [0.15, 0.2) is 53.7 Å². The molecule has 0 atom stereocenters. The van der Waals surface area contributed by atoms with E-state index in [4.69, 9.17) is 11.6 Å². The average Bonchev–Trinajstić information content (AvgIpc) is 2.79. The lowest BCUT2D eigenvalue weighted by atomic mass is 9.89. The number of carbonyl (C=O) groups excluding carboxylic acids is 1. The Morgan fingerprint density at radius 3 is 2.50 bits per heavy atom. The van der Waals surface area contributed by atoms with Gasteiger partial charge in [0.25, 0.3) is 5.91 Å². The molecular formula is C25H25ClFN3OS. The number of benzene rings is 2. The van der Waals surface area contributed by atoms with E-state index in [0.717, 1.165) is 35.2 Å². The van der Waals surface area contributed by atoms with Gasteiger partial charge in [-0.3, -0.25) is 4.79 Å². The second-order valence-corrected chi connectivity index (χ2v) is 9.06. The van der Waals surface area contributed by atoms with E-state index in [1.54, 1.807) is 6.20 Å². The van der Waals surface area contributed by atoms with Crippen molar-refractivity contribution in [1.82, 2.24) is 9.88 Å². The summed E-state index contributed by atoms with van der Waals surface area (Å²) >= 11 is 10.5. The molecule has 4 nitrogen and oxygen atoms in total. The molecule has 1 aromatic heterocycles. The first-order valence-electron chi connectivity index (χ1n) is 10.6. The fraction of sp³-hybridized carbons (Fsp3) is 0.280. The molecule has 2 heterocycles. The van der Waals surface area contributed by atoms with Gasteiger partial charge in [0.15, 0.2) is 0 Å².